The molecule has 6 heteroatoms. The summed E-state index contributed by atoms with van der Waals surface area (Å²) >= 11 is 0. The normalized spacial score (nSPS) is 12.7. The first-order chi connectivity index (χ1) is 15.0. The van der Waals surface area contributed by atoms with Crippen LogP contribution >= 0.6 is 0 Å². The Morgan fingerprint density at radius 2 is 1.52 bits per heavy atom. The van der Waals surface area contributed by atoms with Crippen molar-refractivity contribution in [2.75, 3.05) is 13.2 Å². The predicted octanol–water partition coefficient (Wildman–Crippen LogP) is 3.80. The Kier molecular flexibility index (Phi) is 10.0. The quantitative estimate of drug-likeness (QED) is 0.508. The molecule has 2 rings (SSSR count). The van der Waals surface area contributed by atoms with Crippen molar-refractivity contribution >= 4 is 11.9 Å². The lowest BCUT2D eigenvalue weighted by molar-refractivity contribution is -0.150. The van der Waals surface area contributed by atoms with Gasteiger partial charge in [-0.05, 0) is 55.0 Å². The van der Waals surface area contributed by atoms with Gasteiger partial charge in [-0.2, -0.15) is 0 Å². The van der Waals surface area contributed by atoms with Crippen LogP contribution in [0.3, 0.4) is 0 Å². The van der Waals surface area contributed by atoms with Gasteiger partial charge in [0.05, 0.1) is 0 Å². The molecule has 2 aromatic carbocycles. The van der Waals surface area contributed by atoms with Gasteiger partial charge < -0.3 is 19.9 Å². The summed E-state index contributed by atoms with van der Waals surface area (Å²) in [5.41, 5.74) is 3.32. The van der Waals surface area contributed by atoms with Crippen LogP contribution in [0, 0.1) is 0 Å². The second kappa shape index (κ2) is 12.7. The van der Waals surface area contributed by atoms with Crippen molar-refractivity contribution in [3.05, 3.63) is 65.2 Å². The van der Waals surface area contributed by atoms with Gasteiger partial charge in [-0.25, -0.2) is 4.79 Å². The molecule has 2 aromatic rings. The molecule has 6 nitrogen and oxygen atoms in total. The summed E-state index contributed by atoms with van der Waals surface area (Å²) in [6, 6.07) is 15.5. The van der Waals surface area contributed by atoms with Crippen LogP contribution in [0.15, 0.2) is 48.5 Å². The SMILES string of the molecule is CCO[C@@H](Cc1ccc(OC(CC)C(=O)NCCc2ccc(CC)cc2)cc1)C(=O)O. The molecule has 0 saturated carbocycles. The number of aryl methyl sites for hydroxylation is 1. The van der Waals surface area contributed by atoms with E-state index in [1.165, 1.54) is 11.1 Å². The zero-order valence-corrected chi connectivity index (χ0v) is 18.6. The van der Waals surface area contributed by atoms with E-state index < -0.39 is 18.2 Å². The average Bonchev–Trinajstić information content (AvgIpc) is 2.78. The second-order valence-corrected chi connectivity index (χ2v) is 7.36. The van der Waals surface area contributed by atoms with Gasteiger partial charge in [0.1, 0.15) is 5.75 Å². The van der Waals surface area contributed by atoms with E-state index in [9.17, 15) is 14.7 Å². The minimum atomic E-state index is -0.980. The lowest BCUT2D eigenvalue weighted by Gasteiger charge is -2.18. The minimum Gasteiger partial charge on any atom is -0.481 e. The smallest absolute Gasteiger partial charge is 0.333 e. The van der Waals surface area contributed by atoms with Gasteiger partial charge in [0.2, 0.25) is 0 Å². The molecule has 0 heterocycles. The summed E-state index contributed by atoms with van der Waals surface area (Å²) in [5, 5.41) is 12.2. The van der Waals surface area contributed by atoms with Gasteiger partial charge in [0.15, 0.2) is 12.2 Å². The van der Waals surface area contributed by atoms with Crippen molar-refractivity contribution in [3.8, 4) is 5.75 Å². The summed E-state index contributed by atoms with van der Waals surface area (Å²) in [7, 11) is 0. The van der Waals surface area contributed by atoms with E-state index in [1.807, 2.05) is 6.92 Å². The van der Waals surface area contributed by atoms with E-state index in [2.05, 4.69) is 36.5 Å². The molecule has 1 amide bonds. The number of nitrogens with one attached hydrogen (secondary N) is 1. The largest absolute Gasteiger partial charge is 0.481 e. The highest BCUT2D eigenvalue weighted by Gasteiger charge is 2.19. The summed E-state index contributed by atoms with van der Waals surface area (Å²) in [5.74, 6) is -0.547. The van der Waals surface area contributed by atoms with Crippen LogP contribution in [-0.4, -0.2) is 42.3 Å². The maximum atomic E-state index is 12.5. The van der Waals surface area contributed by atoms with Crippen LogP contribution in [0.2, 0.25) is 0 Å². The fourth-order valence-corrected chi connectivity index (χ4v) is 3.21. The Bertz CT molecular complexity index is 817. The number of carbonyl (C=O) groups is 2. The number of hydrogen-bond donors (Lipinski definition) is 2. The molecule has 31 heavy (non-hydrogen) atoms. The molecule has 0 saturated heterocycles. The number of rotatable bonds is 13. The Labute approximate surface area is 184 Å². The van der Waals surface area contributed by atoms with E-state index in [4.69, 9.17) is 9.47 Å². The van der Waals surface area contributed by atoms with Crippen LogP contribution in [0.1, 0.15) is 43.9 Å². The first-order valence-electron chi connectivity index (χ1n) is 10.9. The van der Waals surface area contributed by atoms with Crippen molar-refractivity contribution in [2.45, 2.75) is 58.7 Å². The number of carbonyl (C=O) groups excluding carboxylic acids is 1. The molecule has 1 unspecified atom stereocenters. The summed E-state index contributed by atoms with van der Waals surface area (Å²) < 4.78 is 11.1. The van der Waals surface area contributed by atoms with E-state index in [1.54, 1.807) is 31.2 Å². The number of amides is 1. The van der Waals surface area contributed by atoms with Crippen LogP contribution in [-0.2, 0) is 33.6 Å². The molecule has 2 atom stereocenters. The van der Waals surface area contributed by atoms with E-state index in [0.29, 0.717) is 25.3 Å². The van der Waals surface area contributed by atoms with Crippen molar-refractivity contribution in [3.63, 3.8) is 0 Å². The van der Waals surface area contributed by atoms with Crippen LogP contribution in [0.4, 0.5) is 0 Å². The van der Waals surface area contributed by atoms with Crippen LogP contribution in [0.25, 0.3) is 0 Å². The summed E-state index contributed by atoms with van der Waals surface area (Å²) in [4.78, 5) is 23.7. The highest BCUT2D eigenvalue weighted by molar-refractivity contribution is 5.81. The average molecular weight is 428 g/mol. The zero-order valence-electron chi connectivity index (χ0n) is 18.6. The Balaban J connectivity index is 1.84. The van der Waals surface area contributed by atoms with Gasteiger partial charge >= 0.3 is 5.97 Å². The van der Waals surface area contributed by atoms with Crippen LogP contribution < -0.4 is 10.1 Å². The predicted molar refractivity (Wildman–Crippen MR) is 120 cm³/mol. The van der Waals surface area contributed by atoms with Gasteiger partial charge in [-0.3, -0.25) is 4.79 Å². The third-order valence-electron chi connectivity index (χ3n) is 5.07. The zero-order chi connectivity index (χ0) is 22.6. The Morgan fingerprint density at radius 3 is 2.06 bits per heavy atom. The maximum Gasteiger partial charge on any atom is 0.333 e. The van der Waals surface area contributed by atoms with Crippen molar-refractivity contribution in [2.24, 2.45) is 0 Å². The number of aliphatic carboxylic acids is 1. The van der Waals surface area contributed by atoms with Gasteiger partial charge in [0.25, 0.3) is 5.91 Å². The minimum absolute atomic E-state index is 0.140. The van der Waals surface area contributed by atoms with Crippen molar-refractivity contribution in [1.82, 2.24) is 5.32 Å². The lowest BCUT2D eigenvalue weighted by Crippen LogP contribution is -2.38. The fourth-order valence-electron chi connectivity index (χ4n) is 3.21. The molecule has 0 aromatic heterocycles. The highest BCUT2D eigenvalue weighted by atomic mass is 16.5. The molecule has 0 aliphatic carbocycles. The summed E-state index contributed by atoms with van der Waals surface area (Å²) in [6.07, 6.45) is 1.16. The Morgan fingerprint density at radius 1 is 0.903 bits per heavy atom. The molecule has 0 aliphatic heterocycles. The number of carboxylic acid groups (broad SMARTS) is 1. The second-order valence-electron chi connectivity index (χ2n) is 7.36. The topological polar surface area (TPSA) is 84.9 Å². The van der Waals surface area contributed by atoms with Crippen molar-refractivity contribution < 1.29 is 24.2 Å². The monoisotopic (exact) mass is 427 g/mol. The number of carboxylic acids is 1. The standard InChI is InChI=1S/C25H33NO5/c1-4-18-7-9-19(10-8-18)15-16-26-24(27)22(5-2)31-21-13-11-20(12-14-21)17-23(25(28)29)30-6-3/h7-14,22-23H,4-6,15-17H2,1-3H3,(H,26,27)(H,28,29)/t22?,23-/m0/s1. The maximum absolute atomic E-state index is 12.5. The first kappa shape index (κ1) is 24.4. The van der Waals surface area contributed by atoms with Crippen LogP contribution in [0.5, 0.6) is 5.75 Å². The Hall–Kier alpha value is -2.86. The molecule has 0 fully saturated rings. The molecule has 168 valence electrons. The first-order valence-corrected chi connectivity index (χ1v) is 10.9. The molecular weight excluding hydrogens is 394 g/mol. The third-order valence-corrected chi connectivity index (χ3v) is 5.07. The number of benzene rings is 2. The fraction of sp³-hybridized carbons (Fsp3) is 0.440. The molecule has 0 bridgehead atoms. The van der Waals surface area contributed by atoms with E-state index in [-0.39, 0.29) is 12.3 Å². The van der Waals surface area contributed by atoms with Crippen molar-refractivity contribution in [1.29, 1.82) is 0 Å². The highest BCUT2D eigenvalue weighted by Crippen LogP contribution is 2.17. The van der Waals surface area contributed by atoms with Gasteiger partial charge in [0, 0.05) is 19.6 Å². The summed E-state index contributed by atoms with van der Waals surface area (Å²) in [6.45, 7) is 6.69. The van der Waals surface area contributed by atoms with E-state index >= 15 is 0 Å². The molecule has 2 N–H and O–H groups in total. The molecule has 0 spiro atoms. The third kappa shape index (κ3) is 8.06. The molecule has 0 radical (unpaired) electrons. The molecular formula is C25H33NO5. The number of hydrogen-bond acceptors (Lipinski definition) is 4. The van der Waals surface area contributed by atoms with Gasteiger partial charge in [-0.15, -0.1) is 0 Å². The molecule has 0 aliphatic rings. The van der Waals surface area contributed by atoms with E-state index in [0.717, 1.165) is 18.4 Å². The number of ether oxygens (including phenoxy) is 2. The lowest BCUT2D eigenvalue weighted by atomic mass is 10.1. The van der Waals surface area contributed by atoms with Gasteiger partial charge in [-0.1, -0.05) is 50.2 Å².